The summed E-state index contributed by atoms with van der Waals surface area (Å²) in [6, 6.07) is 5.93. The van der Waals surface area contributed by atoms with Crippen molar-refractivity contribution in [3.8, 4) is 5.75 Å². The van der Waals surface area contributed by atoms with Crippen molar-refractivity contribution in [1.82, 2.24) is 14.9 Å². The first-order valence-corrected chi connectivity index (χ1v) is 7.61. The van der Waals surface area contributed by atoms with Gasteiger partial charge in [-0.2, -0.15) is 0 Å². The number of imidazole rings is 1. The van der Waals surface area contributed by atoms with Gasteiger partial charge in [-0.15, -0.1) is 0 Å². The fourth-order valence-electron chi connectivity index (χ4n) is 2.14. The molecule has 1 unspecified atom stereocenters. The fourth-order valence-corrected chi connectivity index (χ4v) is 2.32. The number of nitrogens with zero attached hydrogens (tertiary/aromatic N) is 2. The van der Waals surface area contributed by atoms with Crippen LogP contribution in [-0.2, 0) is 13.7 Å². The Kier molecular flexibility index (Phi) is 5.65. The molecule has 0 radical (unpaired) electrons. The van der Waals surface area contributed by atoms with Gasteiger partial charge in [0.05, 0.1) is 0 Å². The highest BCUT2D eigenvalue weighted by atomic mass is 35.5. The maximum atomic E-state index is 6.12. The van der Waals surface area contributed by atoms with E-state index in [4.69, 9.17) is 16.3 Å². The Morgan fingerprint density at radius 3 is 2.90 bits per heavy atom. The van der Waals surface area contributed by atoms with Crippen LogP contribution in [0.4, 0.5) is 0 Å². The Morgan fingerprint density at radius 1 is 1.43 bits per heavy atom. The zero-order valence-electron chi connectivity index (χ0n) is 12.8. The van der Waals surface area contributed by atoms with Crippen molar-refractivity contribution in [1.29, 1.82) is 0 Å². The molecule has 2 aromatic rings. The van der Waals surface area contributed by atoms with Gasteiger partial charge < -0.3 is 14.6 Å². The zero-order chi connectivity index (χ0) is 15.2. The highest BCUT2D eigenvalue weighted by molar-refractivity contribution is 6.30. The minimum atomic E-state index is 0.194. The Labute approximate surface area is 131 Å². The van der Waals surface area contributed by atoms with Gasteiger partial charge >= 0.3 is 0 Å². The third-order valence-electron chi connectivity index (χ3n) is 3.42. The first-order valence-electron chi connectivity index (χ1n) is 7.23. The maximum Gasteiger partial charge on any atom is 0.146 e. The molecule has 1 N–H and O–H groups in total. The van der Waals surface area contributed by atoms with E-state index in [1.807, 2.05) is 36.0 Å². The Hall–Kier alpha value is -1.52. The molecule has 114 valence electrons. The van der Waals surface area contributed by atoms with E-state index in [0.717, 1.165) is 35.1 Å². The molecule has 21 heavy (non-hydrogen) atoms. The molecule has 0 spiro atoms. The van der Waals surface area contributed by atoms with Gasteiger partial charge in [0.15, 0.2) is 0 Å². The van der Waals surface area contributed by atoms with Crippen molar-refractivity contribution in [2.45, 2.75) is 32.9 Å². The van der Waals surface area contributed by atoms with E-state index in [1.165, 1.54) is 0 Å². The van der Waals surface area contributed by atoms with Crippen LogP contribution in [0.15, 0.2) is 30.6 Å². The normalized spacial score (nSPS) is 12.4. The minimum absolute atomic E-state index is 0.194. The zero-order valence-corrected chi connectivity index (χ0v) is 13.5. The number of aromatic nitrogens is 2. The summed E-state index contributed by atoms with van der Waals surface area (Å²) in [7, 11) is 1.96. The van der Waals surface area contributed by atoms with Crippen LogP contribution < -0.4 is 10.1 Å². The smallest absolute Gasteiger partial charge is 0.146 e. The number of nitrogens with one attached hydrogen (secondary N) is 1. The number of benzene rings is 1. The second-order valence-electron chi connectivity index (χ2n) is 5.10. The van der Waals surface area contributed by atoms with Crippen LogP contribution in [0, 0.1) is 0 Å². The third kappa shape index (κ3) is 4.22. The van der Waals surface area contributed by atoms with Crippen LogP contribution in [0.1, 0.15) is 37.7 Å². The van der Waals surface area contributed by atoms with Crippen LogP contribution in [0.3, 0.4) is 0 Å². The highest BCUT2D eigenvalue weighted by Crippen LogP contribution is 2.29. The molecular weight excluding hydrogens is 286 g/mol. The maximum absolute atomic E-state index is 6.12. The Morgan fingerprint density at radius 2 is 2.24 bits per heavy atom. The molecule has 1 aromatic carbocycles. The molecule has 0 bridgehead atoms. The van der Waals surface area contributed by atoms with E-state index in [1.54, 1.807) is 6.20 Å². The van der Waals surface area contributed by atoms with E-state index < -0.39 is 0 Å². The lowest BCUT2D eigenvalue weighted by Crippen LogP contribution is -2.20. The number of aryl methyl sites for hydroxylation is 1. The summed E-state index contributed by atoms with van der Waals surface area (Å²) in [5.41, 5.74) is 1.07. The average molecular weight is 308 g/mol. The van der Waals surface area contributed by atoms with Gasteiger partial charge in [-0.25, -0.2) is 4.98 Å². The number of halogens is 1. The van der Waals surface area contributed by atoms with E-state index >= 15 is 0 Å². The van der Waals surface area contributed by atoms with E-state index in [9.17, 15) is 0 Å². The molecule has 0 fully saturated rings. The second-order valence-corrected chi connectivity index (χ2v) is 5.54. The summed E-state index contributed by atoms with van der Waals surface area (Å²) >= 11 is 6.12. The Balaban J connectivity index is 2.12. The molecule has 5 heteroatoms. The molecule has 0 amide bonds. The van der Waals surface area contributed by atoms with Gasteiger partial charge in [-0.3, -0.25) is 0 Å². The van der Waals surface area contributed by atoms with Crippen LogP contribution in [-0.4, -0.2) is 16.1 Å². The SMILES string of the molecule is CCCNC(C)c1cc(Cl)ccc1OCc1nccn1C. The minimum Gasteiger partial charge on any atom is -0.485 e. The van der Waals surface area contributed by atoms with Gasteiger partial charge in [0.1, 0.15) is 18.2 Å². The van der Waals surface area contributed by atoms with Crippen LogP contribution in [0.2, 0.25) is 5.02 Å². The van der Waals surface area contributed by atoms with Gasteiger partial charge in [-0.1, -0.05) is 18.5 Å². The van der Waals surface area contributed by atoms with Gasteiger partial charge in [-0.05, 0) is 38.1 Å². The van der Waals surface area contributed by atoms with Crippen molar-refractivity contribution in [2.75, 3.05) is 6.54 Å². The van der Waals surface area contributed by atoms with E-state index in [-0.39, 0.29) is 6.04 Å². The summed E-state index contributed by atoms with van der Waals surface area (Å²) < 4.78 is 7.89. The van der Waals surface area contributed by atoms with Crippen LogP contribution in [0.25, 0.3) is 0 Å². The second kappa shape index (κ2) is 7.48. The molecule has 0 aliphatic rings. The van der Waals surface area contributed by atoms with Crippen molar-refractivity contribution in [3.05, 3.63) is 47.0 Å². The summed E-state index contributed by atoms with van der Waals surface area (Å²) in [4.78, 5) is 4.27. The average Bonchev–Trinajstić information content (AvgIpc) is 2.88. The lowest BCUT2D eigenvalue weighted by atomic mass is 10.1. The number of hydrogen-bond donors (Lipinski definition) is 1. The fraction of sp³-hybridized carbons (Fsp3) is 0.438. The standard InChI is InChI=1S/C16H22ClN3O/c1-4-7-18-12(2)14-10-13(17)5-6-15(14)21-11-16-19-8-9-20(16)3/h5-6,8-10,12,18H,4,7,11H2,1-3H3. The predicted octanol–water partition coefficient (Wildman–Crippen LogP) is 3.71. The van der Waals surface area contributed by atoms with Crippen molar-refractivity contribution >= 4 is 11.6 Å². The molecule has 0 saturated heterocycles. The largest absolute Gasteiger partial charge is 0.485 e. The number of ether oxygens (including phenoxy) is 1. The number of rotatable bonds is 7. The highest BCUT2D eigenvalue weighted by Gasteiger charge is 2.12. The van der Waals surface area contributed by atoms with Gasteiger partial charge in [0.25, 0.3) is 0 Å². The topological polar surface area (TPSA) is 39.1 Å². The molecule has 1 aromatic heterocycles. The van der Waals surface area contributed by atoms with Crippen molar-refractivity contribution in [2.24, 2.45) is 7.05 Å². The summed E-state index contributed by atoms with van der Waals surface area (Å²) in [5, 5.41) is 4.18. The molecule has 0 aliphatic heterocycles. The summed E-state index contributed by atoms with van der Waals surface area (Å²) in [5.74, 6) is 1.74. The van der Waals surface area contributed by atoms with Crippen molar-refractivity contribution < 1.29 is 4.74 Å². The monoisotopic (exact) mass is 307 g/mol. The first-order chi connectivity index (χ1) is 10.1. The van der Waals surface area contributed by atoms with Crippen LogP contribution >= 0.6 is 11.6 Å². The lowest BCUT2D eigenvalue weighted by Gasteiger charge is -2.18. The molecule has 1 heterocycles. The molecule has 0 saturated carbocycles. The first kappa shape index (κ1) is 15.9. The predicted molar refractivity (Wildman–Crippen MR) is 85.7 cm³/mol. The third-order valence-corrected chi connectivity index (χ3v) is 3.65. The van der Waals surface area contributed by atoms with E-state index in [2.05, 4.69) is 24.1 Å². The van der Waals surface area contributed by atoms with Gasteiger partial charge in [0, 0.05) is 36.1 Å². The van der Waals surface area contributed by atoms with E-state index in [0.29, 0.717) is 6.61 Å². The van der Waals surface area contributed by atoms with Crippen molar-refractivity contribution in [3.63, 3.8) is 0 Å². The molecule has 2 rings (SSSR count). The molecule has 0 aliphatic carbocycles. The summed E-state index contributed by atoms with van der Waals surface area (Å²) in [6.45, 7) is 5.68. The number of hydrogen-bond acceptors (Lipinski definition) is 3. The molecule has 4 nitrogen and oxygen atoms in total. The van der Waals surface area contributed by atoms with Gasteiger partial charge in [0.2, 0.25) is 0 Å². The lowest BCUT2D eigenvalue weighted by molar-refractivity contribution is 0.286. The quantitative estimate of drug-likeness (QED) is 0.847. The van der Waals surface area contributed by atoms with Crippen LogP contribution in [0.5, 0.6) is 5.75 Å². The Bertz CT molecular complexity index is 583. The molecule has 1 atom stereocenters. The summed E-state index contributed by atoms with van der Waals surface area (Å²) in [6.07, 6.45) is 4.77. The molecular formula is C16H22ClN3O.